The van der Waals surface area contributed by atoms with Crippen LogP contribution in [0.15, 0.2) is 12.4 Å². The fourth-order valence-corrected chi connectivity index (χ4v) is 3.52. The van der Waals surface area contributed by atoms with E-state index in [1.165, 1.54) is 6.20 Å². The molecule has 1 N–H and O–H groups in total. The average Bonchev–Trinajstić information content (AvgIpc) is 2.95. The van der Waals surface area contributed by atoms with Crippen molar-refractivity contribution >= 4 is 11.9 Å². The molecule has 1 fully saturated rings. The predicted octanol–water partition coefficient (Wildman–Crippen LogP) is 2.82. The molecule has 1 aromatic rings. The van der Waals surface area contributed by atoms with Crippen molar-refractivity contribution < 1.29 is 14.7 Å². The molecule has 23 heavy (non-hydrogen) atoms. The van der Waals surface area contributed by atoms with Crippen LogP contribution in [0.2, 0.25) is 0 Å². The van der Waals surface area contributed by atoms with Crippen molar-refractivity contribution in [2.24, 2.45) is 11.3 Å². The lowest BCUT2D eigenvalue weighted by molar-refractivity contribution is -0.142. The molecule has 0 atom stereocenters. The predicted molar refractivity (Wildman–Crippen MR) is 87.3 cm³/mol. The normalized spacial score (nSPS) is 16.8. The zero-order valence-electron chi connectivity index (χ0n) is 14.5. The summed E-state index contributed by atoms with van der Waals surface area (Å²) in [5, 5.41) is 13.1. The molecular formula is C17H27N3O3. The number of aromatic nitrogens is 2. The van der Waals surface area contributed by atoms with E-state index < -0.39 is 5.97 Å². The van der Waals surface area contributed by atoms with Gasteiger partial charge in [0, 0.05) is 24.7 Å². The molecule has 0 bridgehead atoms. The van der Waals surface area contributed by atoms with Crippen LogP contribution in [0.25, 0.3) is 0 Å². The summed E-state index contributed by atoms with van der Waals surface area (Å²) in [5.74, 6) is -0.249. The Labute approximate surface area is 137 Å². The van der Waals surface area contributed by atoms with E-state index in [1.54, 1.807) is 10.9 Å². The van der Waals surface area contributed by atoms with Crippen LogP contribution in [0, 0.1) is 11.3 Å². The first-order valence-corrected chi connectivity index (χ1v) is 8.27. The van der Waals surface area contributed by atoms with Gasteiger partial charge >= 0.3 is 5.97 Å². The highest BCUT2D eigenvalue weighted by Crippen LogP contribution is 2.31. The highest BCUT2D eigenvalue weighted by molar-refractivity contribution is 5.86. The summed E-state index contributed by atoms with van der Waals surface area (Å²) in [6.45, 7) is 9.72. The highest BCUT2D eigenvalue weighted by Gasteiger charge is 2.34. The first-order chi connectivity index (χ1) is 10.7. The summed E-state index contributed by atoms with van der Waals surface area (Å²) in [6, 6.07) is 0.167. The Kier molecular flexibility index (Phi) is 5.12. The number of hydrogen-bond acceptors (Lipinski definition) is 3. The molecule has 1 aliphatic rings. The molecule has 0 aliphatic carbocycles. The van der Waals surface area contributed by atoms with Crippen molar-refractivity contribution in [3.05, 3.63) is 18.0 Å². The van der Waals surface area contributed by atoms with Gasteiger partial charge in [-0.05, 0) is 25.2 Å². The van der Waals surface area contributed by atoms with Crippen molar-refractivity contribution in [2.75, 3.05) is 13.1 Å². The molecule has 0 saturated carbocycles. The Morgan fingerprint density at radius 3 is 2.43 bits per heavy atom. The summed E-state index contributed by atoms with van der Waals surface area (Å²) in [4.78, 5) is 25.6. The van der Waals surface area contributed by atoms with Gasteiger partial charge in [0.05, 0.1) is 17.8 Å². The third kappa shape index (κ3) is 4.12. The van der Waals surface area contributed by atoms with E-state index in [-0.39, 0.29) is 22.9 Å². The van der Waals surface area contributed by atoms with Crippen molar-refractivity contribution in [3.63, 3.8) is 0 Å². The number of aromatic carboxylic acids is 1. The molecule has 1 amide bonds. The van der Waals surface area contributed by atoms with Gasteiger partial charge in [0.15, 0.2) is 0 Å². The van der Waals surface area contributed by atoms with Gasteiger partial charge in [0.25, 0.3) is 0 Å². The van der Waals surface area contributed by atoms with Crippen LogP contribution < -0.4 is 0 Å². The zero-order valence-corrected chi connectivity index (χ0v) is 14.5. The van der Waals surface area contributed by atoms with Gasteiger partial charge in [0.1, 0.15) is 0 Å². The van der Waals surface area contributed by atoms with Gasteiger partial charge < -0.3 is 10.0 Å². The number of amides is 1. The maximum Gasteiger partial charge on any atom is 0.338 e. The second-order valence-electron chi connectivity index (χ2n) is 7.52. The van der Waals surface area contributed by atoms with Gasteiger partial charge in [-0.2, -0.15) is 5.10 Å². The van der Waals surface area contributed by atoms with Gasteiger partial charge in [0.2, 0.25) is 5.91 Å². The minimum Gasteiger partial charge on any atom is -0.478 e. The van der Waals surface area contributed by atoms with E-state index in [4.69, 9.17) is 5.11 Å². The number of carboxylic acid groups (broad SMARTS) is 1. The Morgan fingerprint density at radius 2 is 1.96 bits per heavy atom. The number of nitrogens with zero attached hydrogens (tertiary/aromatic N) is 3. The minimum absolute atomic E-state index is 0.167. The van der Waals surface area contributed by atoms with Crippen LogP contribution in [0.3, 0.4) is 0 Å². The Morgan fingerprint density at radius 1 is 1.35 bits per heavy atom. The molecule has 128 valence electrons. The summed E-state index contributed by atoms with van der Waals surface area (Å²) in [6.07, 6.45) is 5.46. The van der Waals surface area contributed by atoms with E-state index in [1.807, 2.05) is 18.7 Å². The highest BCUT2D eigenvalue weighted by atomic mass is 16.4. The summed E-state index contributed by atoms with van der Waals surface area (Å²) in [7, 11) is 0. The minimum atomic E-state index is -0.959. The molecule has 0 aromatic carbocycles. The molecule has 1 aliphatic heterocycles. The quantitative estimate of drug-likeness (QED) is 0.905. The van der Waals surface area contributed by atoms with Crippen LogP contribution in [-0.2, 0) is 4.79 Å². The Balaban J connectivity index is 1.95. The van der Waals surface area contributed by atoms with E-state index in [0.717, 1.165) is 19.3 Å². The fourth-order valence-electron chi connectivity index (χ4n) is 3.52. The van der Waals surface area contributed by atoms with Crippen molar-refractivity contribution in [1.29, 1.82) is 0 Å². The third-order valence-corrected chi connectivity index (χ3v) is 4.47. The third-order valence-electron chi connectivity index (χ3n) is 4.47. The topological polar surface area (TPSA) is 75.4 Å². The van der Waals surface area contributed by atoms with Gasteiger partial charge in [-0.15, -0.1) is 0 Å². The maximum atomic E-state index is 12.7. The average molecular weight is 321 g/mol. The van der Waals surface area contributed by atoms with E-state index in [2.05, 4.69) is 18.9 Å². The molecule has 1 aromatic heterocycles. The molecule has 0 radical (unpaired) electrons. The van der Waals surface area contributed by atoms with Crippen molar-refractivity contribution in [1.82, 2.24) is 14.7 Å². The first kappa shape index (κ1) is 17.5. The largest absolute Gasteiger partial charge is 0.478 e. The SMILES string of the molecule is CC(C)CC(C)(C)C(=O)N1CCC(n2cc(C(=O)O)cn2)CC1. The molecular weight excluding hydrogens is 294 g/mol. The number of carbonyl (C=O) groups excluding carboxylic acids is 1. The Hall–Kier alpha value is -1.85. The number of piperidine rings is 1. The summed E-state index contributed by atoms with van der Waals surface area (Å²) < 4.78 is 1.73. The molecule has 6 heteroatoms. The van der Waals surface area contributed by atoms with Crippen molar-refractivity contribution in [2.45, 2.75) is 53.0 Å². The molecule has 0 unspecified atom stereocenters. The lowest BCUT2D eigenvalue weighted by Gasteiger charge is -2.37. The van der Waals surface area contributed by atoms with Crippen LogP contribution in [0.1, 0.15) is 63.4 Å². The lowest BCUT2D eigenvalue weighted by atomic mass is 9.82. The molecule has 6 nitrogen and oxygen atoms in total. The van der Waals surface area contributed by atoms with Gasteiger partial charge in [-0.25, -0.2) is 4.79 Å². The second kappa shape index (κ2) is 6.72. The van der Waals surface area contributed by atoms with Gasteiger partial charge in [-0.3, -0.25) is 9.48 Å². The van der Waals surface area contributed by atoms with Crippen LogP contribution in [0.5, 0.6) is 0 Å². The zero-order chi connectivity index (χ0) is 17.2. The number of carboxylic acids is 1. The fraction of sp³-hybridized carbons (Fsp3) is 0.706. The van der Waals surface area contributed by atoms with E-state index >= 15 is 0 Å². The summed E-state index contributed by atoms with van der Waals surface area (Å²) in [5.41, 5.74) is -0.120. The van der Waals surface area contributed by atoms with Crippen LogP contribution in [-0.4, -0.2) is 44.8 Å². The molecule has 2 heterocycles. The molecule has 0 spiro atoms. The first-order valence-electron chi connectivity index (χ1n) is 8.27. The monoisotopic (exact) mass is 321 g/mol. The van der Waals surface area contributed by atoms with Crippen LogP contribution >= 0.6 is 0 Å². The van der Waals surface area contributed by atoms with Gasteiger partial charge in [-0.1, -0.05) is 27.7 Å². The maximum absolute atomic E-state index is 12.7. The van der Waals surface area contributed by atoms with Crippen LogP contribution in [0.4, 0.5) is 0 Å². The lowest BCUT2D eigenvalue weighted by Crippen LogP contribution is -2.45. The number of hydrogen-bond donors (Lipinski definition) is 1. The number of likely N-dealkylation sites (tertiary alicyclic amines) is 1. The van der Waals surface area contributed by atoms with E-state index in [9.17, 15) is 9.59 Å². The summed E-state index contributed by atoms with van der Waals surface area (Å²) >= 11 is 0. The Bertz CT molecular complexity index is 569. The van der Waals surface area contributed by atoms with E-state index in [0.29, 0.717) is 19.0 Å². The number of rotatable bonds is 5. The number of carbonyl (C=O) groups is 2. The second-order valence-corrected chi connectivity index (χ2v) is 7.52. The standard InChI is InChI=1S/C17H27N3O3/c1-12(2)9-17(3,4)16(23)19-7-5-14(6-8-19)20-11-13(10-18-20)15(21)22/h10-12,14H,5-9H2,1-4H3,(H,21,22). The molecule has 1 saturated heterocycles. The molecule has 2 rings (SSSR count). The van der Waals surface area contributed by atoms with Crippen molar-refractivity contribution in [3.8, 4) is 0 Å². The smallest absolute Gasteiger partial charge is 0.338 e.